The summed E-state index contributed by atoms with van der Waals surface area (Å²) in [7, 11) is 3.88. The molecule has 5 heteroatoms. The molecule has 4 nitrogen and oxygen atoms in total. The molecule has 0 unspecified atom stereocenters. The zero-order valence-corrected chi connectivity index (χ0v) is 17.4. The molecule has 0 aliphatic carbocycles. The van der Waals surface area contributed by atoms with Crippen molar-refractivity contribution in [2.75, 3.05) is 19.0 Å². The second-order valence-electron chi connectivity index (χ2n) is 5.84. The van der Waals surface area contributed by atoms with E-state index >= 15 is 0 Å². The third-order valence-electron chi connectivity index (χ3n) is 3.99. The Kier molecular flexibility index (Phi) is 6.82. The van der Waals surface area contributed by atoms with E-state index in [1.165, 1.54) is 0 Å². The Labute approximate surface area is 168 Å². The summed E-state index contributed by atoms with van der Waals surface area (Å²) in [5.74, 6) is 0. The van der Waals surface area contributed by atoms with Crippen LogP contribution in [-0.4, -0.2) is 19.1 Å². The number of aromatic nitrogens is 1. The number of H-pyrrole nitrogens is 1. The third-order valence-corrected chi connectivity index (χ3v) is 4.49. The van der Waals surface area contributed by atoms with Crippen molar-refractivity contribution in [2.24, 2.45) is 0 Å². The van der Waals surface area contributed by atoms with E-state index in [1.807, 2.05) is 69.4 Å². The fourth-order valence-electron chi connectivity index (χ4n) is 2.79. The summed E-state index contributed by atoms with van der Waals surface area (Å²) in [4.78, 5) is 5.17. The van der Waals surface area contributed by atoms with Crippen molar-refractivity contribution in [3.8, 4) is 12.1 Å². The molecule has 0 fully saturated rings. The van der Waals surface area contributed by atoms with Gasteiger partial charge < -0.3 is 9.88 Å². The van der Waals surface area contributed by atoms with E-state index in [9.17, 15) is 10.5 Å². The lowest BCUT2D eigenvalue weighted by Crippen LogP contribution is -2.10. The van der Waals surface area contributed by atoms with Crippen LogP contribution in [0.5, 0.6) is 0 Å². The van der Waals surface area contributed by atoms with Crippen molar-refractivity contribution in [1.82, 2.24) is 4.98 Å². The maximum atomic E-state index is 9.72. The van der Waals surface area contributed by atoms with Gasteiger partial charge in [-0.1, -0.05) is 29.8 Å². The number of nitrogens with zero attached hydrogens (tertiary/aromatic N) is 3. The van der Waals surface area contributed by atoms with Crippen LogP contribution in [-0.2, 0) is 0 Å². The topological polar surface area (TPSA) is 66.6 Å². The van der Waals surface area contributed by atoms with Gasteiger partial charge in [0.2, 0.25) is 0 Å². The van der Waals surface area contributed by atoms with Gasteiger partial charge in [0, 0.05) is 52.5 Å². The molecular weight excluding hydrogens is 400 g/mol. The highest BCUT2D eigenvalue weighted by Gasteiger charge is 2.11. The lowest BCUT2D eigenvalue weighted by atomic mass is 10.0. The smallest absolute Gasteiger partial charge is 0.0998 e. The Hall–Kier alpha value is -3.02. The van der Waals surface area contributed by atoms with Gasteiger partial charge in [-0.2, -0.15) is 10.5 Å². The van der Waals surface area contributed by atoms with Crippen molar-refractivity contribution >= 4 is 44.2 Å². The number of anilines is 1. The van der Waals surface area contributed by atoms with Gasteiger partial charge in [0.05, 0.1) is 23.3 Å². The Morgan fingerprint density at radius 2 is 1.85 bits per heavy atom. The summed E-state index contributed by atoms with van der Waals surface area (Å²) in [6.07, 6.45) is 3.68. The minimum Gasteiger partial charge on any atom is -0.377 e. The largest absolute Gasteiger partial charge is 0.377 e. The first-order valence-electron chi connectivity index (χ1n) is 8.63. The summed E-state index contributed by atoms with van der Waals surface area (Å²) in [5.41, 5.74) is 4.71. The summed E-state index contributed by atoms with van der Waals surface area (Å²) in [6.45, 7) is 4.00. The molecule has 3 aromatic rings. The zero-order valence-electron chi connectivity index (χ0n) is 15.8. The van der Waals surface area contributed by atoms with Crippen molar-refractivity contribution < 1.29 is 0 Å². The van der Waals surface area contributed by atoms with Crippen LogP contribution in [0, 0.1) is 22.7 Å². The highest BCUT2D eigenvalue weighted by atomic mass is 79.9. The molecule has 1 heterocycles. The number of fused-ring (bicyclic) bond motifs is 1. The van der Waals surface area contributed by atoms with Gasteiger partial charge in [0.15, 0.2) is 0 Å². The molecule has 27 heavy (non-hydrogen) atoms. The van der Waals surface area contributed by atoms with Crippen LogP contribution in [0.3, 0.4) is 0 Å². The van der Waals surface area contributed by atoms with Crippen LogP contribution in [0.1, 0.15) is 30.5 Å². The number of hydrogen-bond acceptors (Lipinski definition) is 3. The normalized spacial score (nSPS) is 10.6. The molecule has 2 aromatic carbocycles. The number of aromatic amines is 1. The second kappa shape index (κ2) is 9.07. The maximum absolute atomic E-state index is 9.72. The Morgan fingerprint density at radius 1 is 1.11 bits per heavy atom. The molecule has 0 spiro atoms. The molecule has 1 aromatic heterocycles. The minimum absolute atomic E-state index is 0.544. The van der Waals surface area contributed by atoms with E-state index in [0.717, 1.165) is 32.2 Å². The first kappa shape index (κ1) is 20.3. The maximum Gasteiger partial charge on any atom is 0.0998 e. The first-order chi connectivity index (χ1) is 13.0. The minimum atomic E-state index is 0.544. The first-order valence-corrected chi connectivity index (χ1v) is 9.43. The Balaban J connectivity index is 0.00000126. The molecule has 0 aliphatic heterocycles. The molecule has 0 saturated carbocycles. The molecule has 0 radical (unpaired) electrons. The van der Waals surface area contributed by atoms with Crippen LogP contribution in [0.25, 0.3) is 22.6 Å². The predicted octanol–water partition coefficient (Wildman–Crippen LogP) is 5.96. The van der Waals surface area contributed by atoms with E-state index < -0.39 is 0 Å². The SMILES string of the molecule is CC.CN(C)c1ccc(C#N)cc1/C=C(\C#N)c1c[nH]c2ccc(Br)cc12. The standard InChI is InChI=1S/C20H15BrN4.C2H6/c1-25(2)20-6-3-13(10-22)7-14(20)8-15(11-23)18-12-24-19-5-4-16(21)9-17(18)19;1-2/h3-9,12,24H,1-2H3;1-2H3/b15-8+;. The van der Waals surface area contributed by atoms with E-state index in [2.05, 4.69) is 33.1 Å². The van der Waals surface area contributed by atoms with E-state index in [0.29, 0.717) is 11.1 Å². The van der Waals surface area contributed by atoms with Gasteiger partial charge in [-0.05, 0) is 42.5 Å². The highest BCUT2D eigenvalue weighted by molar-refractivity contribution is 9.10. The molecular formula is C22H21BrN4. The molecule has 0 atom stereocenters. The van der Waals surface area contributed by atoms with Gasteiger partial charge in [-0.15, -0.1) is 0 Å². The zero-order chi connectivity index (χ0) is 20.0. The lowest BCUT2D eigenvalue weighted by molar-refractivity contribution is 1.13. The van der Waals surface area contributed by atoms with Crippen molar-refractivity contribution in [2.45, 2.75) is 13.8 Å². The number of nitrogens with one attached hydrogen (secondary N) is 1. The molecule has 136 valence electrons. The Morgan fingerprint density at radius 3 is 2.48 bits per heavy atom. The van der Waals surface area contributed by atoms with E-state index in [4.69, 9.17) is 0 Å². The molecule has 0 saturated heterocycles. The van der Waals surface area contributed by atoms with E-state index in [-0.39, 0.29) is 0 Å². The summed E-state index contributed by atoms with van der Waals surface area (Å²) in [5, 5.41) is 19.9. The summed E-state index contributed by atoms with van der Waals surface area (Å²) >= 11 is 3.48. The van der Waals surface area contributed by atoms with Crippen molar-refractivity contribution in [1.29, 1.82) is 10.5 Å². The molecule has 0 amide bonds. The van der Waals surface area contributed by atoms with Crippen LogP contribution >= 0.6 is 15.9 Å². The fraction of sp³-hybridized carbons (Fsp3) is 0.182. The number of halogens is 1. The number of hydrogen-bond donors (Lipinski definition) is 1. The average Bonchev–Trinajstić information content (AvgIpc) is 3.10. The average molecular weight is 421 g/mol. The van der Waals surface area contributed by atoms with Crippen LogP contribution in [0.15, 0.2) is 47.1 Å². The predicted molar refractivity (Wildman–Crippen MR) is 116 cm³/mol. The van der Waals surface area contributed by atoms with Crippen LogP contribution < -0.4 is 4.90 Å². The van der Waals surface area contributed by atoms with Gasteiger partial charge in [-0.25, -0.2) is 0 Å². The van der Waals surface area contributed by atoms with E-state index in [1.54, 1.807) is 12.1 Å². The Bertz CT molecular complexity index is 1060. The van der Waals surface area contributed by atoms with Crippen LogP contribution in [0.2, 0.25) is 0 Å². The van der Waals surface area contributed by atoms with Gasteiger partial charge in [0.1, 0.15) is 0 Å². The van der Waals surface area contributed by atoms with Crippen LogP contribution in [0.4, 0.5) is 5.69 Å². The van der Waals surface area contributed by atoms with Gasteiger partial charge in [0.25, 0.3) is 0 Å². The highest BCUT2D eigenvalue weighted by Crippen LogP contribution is 2.31. The molecule has 0 aliphatic rings. The molecule has 0 bridgehead atoms. The quantitative estimate of drug-likeness (QED) is 0.531. The summed E-state index contributed by atoms with van der Waals surface area (Å²) < 4.78 is 0.957. The molecule has 1 N–H and O–H groups in total. The third kappa shape index (κ3) is 4.39. The second-order valence-corrected chi connectivity index (χ2v) is 6.76. The van der Waals surface area contributed by atoms with Gasteiger partial charge in [-0.3, -0.25) is 0 Å². The number of allylic oxidation sites excluding steroid dienone is 1. The lowest BCUT2D eigenvalue weighted by Gasteiger charge is -2.16. The monoisotopic (exact) mass is 420 g/mol. The number of benzene rings is 2. The van der Waals surface area contributed by atoms with Gasteiger partial charge >= 0.3 is 0 Å². The van der Waals surface area contributed by atoms with Crippen molar-refractivity contribution in [3.63, 3.8) is 0 Å². The number of nitriles is 2. The van der Waals surface area contributed by atoms with Crippen molar-refractivity contribution in [3.05, 3.63) is 63.8 Å². The molecule has 3 rings (SSSR count). The number of rotatable bonds is 3. The summed E-state index contributed by atoms with van der Waals surface area (Å²) in [6, 6.07) is 15.8. The fourth-order valence-corrected chi connectivity index (χ4v) is 3.15.